The fourth-order valence-electron chi connectivity index (χ4n) is 2.06. The topological polar surface area (TPSA) is 64.0 Å². The maximum Gasteiger partial charge on any atom is 0.233 e. The first-order valence-electron chi connectivity index (χ1n) is 6.15. The molecule has 0 aliphatic heterocycles. The Morgan fingerprint density at radius 2 is 2.10 bits per heavy atom. The average molecular weight is 291 g/mol. The van der Waals surface area contributed by atoms with Crippen molar-refractivity contribution < 1.29 is 8.42 Å². The Morgan fingerprint density at radius 1 is 1.40 bits per heavy atom. The lowest BCUT2D eigenvalue weighted by Crippen LogP contribution is -2.24. The zero-order valence-electron chi connectivity index (χ0n) is 11.4. The highest BCUT2D eigenvalue weighted by atomic mass is 32.2. The van der Waals surface area contributed by atoms with Crippen LogP contribution in [0.2, 0.25) is 0 Å². The van der Waals surface area contributed by atoms with E-state index in [4.69, 9.17) is 0 Å². The standard InChI is InChI=1S/C14H17N3O2S/c1-4-20(18,19)16-11(2)13-7-5-6-8-14(13)12-9-15-17(3)10-12/h4-11,16H,1H2,2-3H3. The lowest BCUT2D eigenvalue weighted by Gasteiger charge is -2.16. The van der Waals surface area contributed by atoms with E-state index in [0.29, 0.717) is 0 Å². The summed E-state index contributed by atoms with van der Waals surface area (Å²) in [7, 11) is -1.62. The maximum atomic E-state index is 11.6. The van der Waals surface area contributed by atoms with Crippen molar-refractivity contribution in [3.8, 4) is 11.1 Å². The van der Waals surface area contributed by atoms with Gasteiger partial charge in [0.25, 0.3) is 0 Å². The van der Waals surface area contributed by atoms with Crippen LogP contribution in [0.5, 0.6) is 0 Å². The summed E-state index contributed by atoms with van der Waals surface area (Å²) in [6, 6.07) is 7.30. The molecule has 0 aliphatic rings. The Kier molecular flexibility index (Phi) is 4.06. The van der Waals surface area contributed by atoms with Crippen molar-refractivity contribution in [2.75, 3.05) is 0 Å². The summed E-state index contributed by atoms with van der Waals surface area (Å²) < 4.78 is 27.5. The Labute approximate surface area is 119 Å². The molecule has 2 rings (SSSR count). The summed E-state index contributed by atoms with van der Waals surface area (Å²) in [4.78, 5) is 0. The molecule has 1 atom stereocenters. The van der Waals surface area contributed by atoms with Crippen LogP contribution in [0, 0.1) is 0 Å². The van der Waals surface area contributed by atoms with E-state index in [-0.39, 0.29) is 6.04 Å². The van der Waals surface area contributed by atoms with Gasteiger partial charge in [-0.1, -0.05) is 30.8 Å². The van der Waals surface area contributed by atoms with E-state index in [1.165, 1.54) is 0 Å². The van der Waals surface area contributed by atoms with Gasteiger partial charge in [-0.05, 0) is 18.1 Å². The number of benzene rings is 1. The lowest BCUT2D eigenvalue weighted by molar-refractivity contribution is 0.576. The number of aromatic nitrogens is 2. The molecule has 1 aromatic heterocycles. The predicted octanol–water partition coefficient (Wildman–Crippen LogP) is 2.21. The van der Waals surface area contributed by atoms with Crippen molar-refractivity contribution in [2.24, 2.45) is 7.05 Å². The molecule has 0 saturated heterocycles. The van der Waals surface area contributed by atoms with Gasteiger partial charge >= 0.3 is 0 Å². The zero-order chi connectivity index (χ0) is 14.8. The SMILES string of the molecule is C=CS(=O)(=O)NC(C)c1ccccc1-c1cnn(C)c1. The van der Waals surface area contributed by atoms with Gasteiger partial charge < -0.3 is 0 Å². The Balaban J connectivity index is 2.40. The summed E-state index contributed by atoms with van der Waals surface area (Å²) in [6.45, 7) is 5.10. The van der Waals surface area contributed by atoms with Crippen molar-refractivity contribution in [3.63, 3.8) is 0 Å². The highest BCUT2D eigenvalue weighted by Gasteiger charge is 2.16. The molecule has 0 spiro atoms. The third kappa shape index (κ3) is 3.15. The van der Waals surface area contributed by atoms with Gasteiger partial charge in [0.15, 0.2) is 0 Å². The molecule has 1 aromatic carbocycles. The fourth-order valence-corrected chi connectivity index (χ4v) is 2.77. The third-order valence-electron chi connectivity index (χ3n) is 3.00. The Morgan fingerprint density at radius 3 is 2.70 bits per heavy atom. The van der Waals surface area contributed by atoms with E-state index in [0.717, 1.165) is 22.1 Å². The molecule has 1 unspecified atom stereocenters. The van der Waals surface area contributed by atoms with Crippen molar-refractivity contribution in [2.45, 2.75) is 13.0 Å². The summed E-state index contributed by atoms with van der Waals surface area (Å²) in [5.74, 6) is 0. The molecule has 0 saturated carbocycles. The van der Waals surface area contributed by atoms with Crippen molar-refractivity contribution >= 4 is 10.0 Å². The molecular weight excluding hydrogens is 274 g/mol. The molecule has 0 amide bonds. The second-order valence-corrected chi connectivity index (χ2v) is 6.20. The van der Waals surface area contributed by atoms with E-state index in [2.05, 4.69) is 16.4 Å². The molecule has 20 heavy (non-hydrogen) atoms. The molecule has 106 valence electrons. The minimum absolute atomic E-state index is 0.352. The average Bonchev–Trinajstić information content (AvgIpc) is 2.85. The van der Waals surface area contributed by atoms with Crippen LogP contribution in [0.25, 0.3) is 11.1 Å². The van der Waals surface area contributed by atoms with E-state index in [9.17, 15) is 8.42 Å². The summed E-state index contributed by atoms with van der Waals surface area (Å²) in [6.07, 6.45) is 3.65. The van der Waals surface area contributed by atoms with E-state index < -0.39 is 10.0 Å². The van der Waals surface area contributed by atoms with Crippen molar-refractivity contribution in [3.05, 3.63) is 54.2 Å². The highest BCUT2D eigenvalue weighted by molar-refractivity contribution is 7.92. The third-order valence-corrected chi connectivity index (χ3v) is 4.12. The normalized spacial score (nSPS) is 13.1. The number of nitrogens with one attached hydrogen (secondary N) is 1. The van der Waals surface area contributed by atoms with E-state index >= 15 is 0 Å². The second kappa shape index (κ2) is 5.60. The Hall–Kier alpha value is -1.92. The summed E-state index contributed by atoms with van der Waals surface area (Å²) in [5, 5.41) is 5.06. The van der Waals surface area contributed by atoms with Crippen molar-refractivity contribution in [1.82, 2.24) is 14.5 Å². The fraction of sp³-hybridized carbons (Fsp3) is 0.214. The molecule has 0 fully saturated rings. The monoisotopic (exact) mass is 291 g/mol. The van der Waals surface area contributed by atoms with Crippen LogP contribution in [0.1, 0.15) is 18.5 Å². The van der Waals surface area contributed by atoms with Gasteiger partial charge in [0.05, 0.1) is 6.20 Å². The number of sulfonamides is 1. The van der Waals surface area contributed by atoms with E-state index in [1.807, 2.05) is 37.5 Å². The van der Waals surface area contributed by atoms with Gasteiger partial charge in [-0.3, -0.25) is 4.68 Å². The molecule has 0 radical (unpaired) electrons. The van der Waals surface area contributed by atoms with Crippen LogP contribution in [0.15, 0.2) is 48.6 Å². The number of rotatable bonds is 5. The smallest absolute Gasteiger partial charge is 0.233 e. The molecule has 2 aromatic rings. The molecule has 0 bridgehead atoms. The highest BCUT2D eigenvalue weighted by Crippen LogP contribution is 2.28. The molecule has 5 nitrogen and oxygen atoms in total. The lowest BCUT2D eigenvalue weighted by atomic mass is 9.98. The number of hydrogen-bond donors (Lipinski definition) is 1. The van der Waals surface area contributed by atoms with Crippen LogP contribution < -0.4 is 4.72 Å². The minimum atomic E-state index is -3.47. The first-order chi connectivity index (χ1) is 9.43. The van der Waals surface area contributed by atoms with Crippen LogP contribution in [-0.2, 0) is 17.1 Å². The molecule has 1 heterocycles. The quantitative estimate of drug-likeness (QED) is 0.918. The van der Waals surface area contributed by atoms with Gasteiger partial charge in [-0.15, -0.1) is 0 Å². The van der Waals surface area contributed by atoms with Gasteiger partial charge in [0.1, 0.15) is 0 Å². The first-order valence-corrected chi connectivity index (χ1v) is 7.70. The minimum Gasteiger partial charge on any atom is -0.275 e. The first kappa shape index (κ1) is 14.5. The molecular formula is C14H17N3O2S. The summed E-state index contributed by atoms with van der Waals surface area (Å²) >= 11 is 0. The van der Waals surface area contributed by atoms with E-state index in [1.54, 1.807) is 17.8 Å². The van der Waals surface area contributed by atoms with Gasteiger partial charge in [0.2, 0.25) is 10.0 Å². The van der Waals surface area contributed by atoms with Crippen molar-refractivity contribution in [1.29, 1.82) is 0 Å². The summed E-state index contributed by atoms with van der Waals surface area (Å²) in [5.41, 5.74) is 2.80. The van der Waals surface area contributed by atoms with Crippen LogP contribution in [-0.4, -0.2) is 18.2 Å². The van der Waals surface area contributed by atoms with Gasteiger partial charge in [-0.25, -0.2) is 13.1 Å². The zero-order valence-corrected chi connectivity index (χ0v) is 12.3. The van der Waals surface area contributed by atoms with Gasteiger partial charge in [-0.2, -0.15) is 5.10 Å². The molecule has 6 heteroatoms. The number of hydrogen-bond acceptors (Lipinski definition) is 3. The second-order valence-electron chi connectivity index (χ2n) is 4.54. The van der Waals surface area contributed by atoms with Crippen LogP contribution in [0.4, 0.5) is 0 Å². The van der Waals surface area contributed by atoms with Crippen LogP contribution >= 0.6 is 0 Å². The predicted molar refractivity (Wildman–Crippen MR) is 79.3 cm³/mol. The molecule has 1 N–H and O–H groups in total. The molecule has 0 aliphatic carbocycles. The maximum absolute atomic E-state index is 11.6. The number of aryl methyl sites for hydroxylation is 1. The van der Waals surface area contributed by atoms with Crippen LogP contribution in [0.3, 0.4) is 0 Å². The number of nitrogens with zero attached hydrogens (tertiary/aromatic N) is 2. The largest absolute Gasteiger partial charge is 0.275 e. The van der Waals surface area contributed by atoms with Gasteiger partial charge in [0, 0.05) is 30.3 Å². The Bertz CT molecular complexity index is 720.